The fourth-order valence-corrected chi connectivity index (χ4v) is 4.48. The normalized spacial score (nSPS) is 9.54. The second-order valence-electron chi connectivity index (χ2n) is 4.73. The maximum absolute atomic E-state index is 8.74. The highest BCUT2D eigenvalue weighted by atomic mass is 31.1. The van der Waals surface area contributed by atoms with Crippen molar-refractivity contribution in [2.24, 2.45) is 0 Å². The second-order valence-corrected chi connectivity index (χ2v) is 7.52. The third-order valence-corrected chi connectivity index (χ3v) is 5.49. The maximum Gasteiger partial charge on any atom is 0.314 e. The quantitative estimate of drug-likeness (QED) is 0.472. The molecule has 0 aromatic heterocycles. The smallest absolute Gasteiger partial charge is 0.314 e. The monoisotopic (exact) mass is 390 g/mol. The molecule has 5 nitrogen and oxygen atoms in total. The van der Waals surface area contributed by atoms with Gasteiger partial charge in [-0.2, -0.15) is 0 Å². The third-order valence-electron chi connectivity index (χ3n) is 3.04. The van der Waals surface area contributed by atoms with Crippen LogP contribution in [-0.2, 0) is 9.36 Å². The van der Waals surface area contributed by atoms with E-state index in [4.69, 9.17) is 24.3 Å². The molecule has 0 unspecified atom stereocenters. The van der Waals surface area contributed by atoms with E-state index in [2.05, 4.69) is 91.0 Å². The van der Waals surface area contributed by atoms with Crippen LogP contribution in [0.15, 0.2) is 91.0 Å². The molecule has 7 heteroatoms. The minimum Gasteiger partial charge on any atom is -0.483 e. The molecular weight excluding hydrogens is 370 g/mol. The van der Waals surface area contributed by atoms with Crippen LogP contribution < -0.4 is 15.9 Å². The minimum absolute atomic E-state index is 0.250. The zero-order chi connectivity index (χ0) is 19.2. The zero-order valence-electron chi connectivity index (χ0n) is 13.8. The van der Waals surface area contributed by atoms with Gasteiger partial charge in [-0.1, -0.05) is 91.0 Å². The van der Waals surface area contributed by atoms with Crippen molar-refractivity contribution in [2.75, 3.05) is 0 Å². The summed E-state index contributed by atoms with van der Waals surface area (Å²) in [6, 6.07) is 32.3. The molecule has 0 saturated carbocycles. The Bertz CT molecular complexity index is 670. The average Bonchev–Trinajstić information content (AvgIpc) is 2.65. The largest absolute Gasteiger partial charge is 0.483 e. The van der Waals surface area contributed by atoms with Crippen molar-refractivity contribution in [1.29, 1.82) is 0 Å². The SMILES string of the molecule is O=CO.O=[PH](O)O.c1ccc(P(c2ccccc2)c2ccccc2)cc1. The predicted octanol–water partition coefficient (Wildman–Crippen LogP) is 2.51. The Kier molecular flexibility index (Phi) is 10.9. The number of carboxylic acid groups (broad SMARTS) is 1. The van der Waals surface area contributed by atoms with Crippen LogP contribution in [-0.4, -0.2) is 21.4 Å². The molecule has 3 rings (SSSR count). The molecule has 0 fully saturated rings. The third kappa shape index (κ3) is 8.19. The van der Waals surface area contributed by atoms with Gasteiger partial charge in [-0.15, -0.1) is 0 Å². The fraction of sp³-hybridized carbons (Fsp3) is 0. The highest BCUT2D eigenvalue weighted by Crippen LogP contribution is 2.32. The van der Waals surface area contributed by atoms with Gasteiger partial charge < -0.3 is 14.9 Å². The summed E-state index contributed by atoms with van der Waals surface area (Å²) in [5.74, 6) is 0. The van der Waals surface area contributed by atoms with Crippen molar-refractivity contribution in [2.45, 2.75) is 0 Å². The van der Waals surface area contributed by atoms with Gasteiger partial charge in [-0.05, 0) is 23.8 Å². The van der Waals surface area contributed by atoms with Gasteiger partial charge in [-0.25, -0.2) is 0 Å². The van der Waals surface area contributed by atoms with E-state index in [0.29, 0.717) is 0 Å². The van der Waals surface area contributed by atoms with E-state index in [0.717, 1.165) is 0 Å². The van der Waals surface area contributed by atoms with Gasteiger partial charge >= 0.3 is 8.25 Å². The van der Waals surface area contributed by atoms with Gasteiger partial charge in [0.25, 0.3) is 6.47 Å². The molecular formula is C19H20O5P2. The van der Waals surface area contributed by atoms with Gasteiger partial charge in [-0.3, -0.25) is 9.36 Å². The average molecular weight is 390 g/mol. The van der Waals surface area contributed by atoms with Crippen LogP contribution in [0.5, 0.6) is 0 Å². The first-order chi connectivity index (χ1) is 12.6. The van der Waals surface area contributed by atoms with E-state index in [-0.39, 0.29) is 6.47 Å². The highest BCUT2D eigenvalue weighted by Gasteiger charge is 2.14. The molecule has 0 amide bonds. The first-order valence-corrected chi connectivity index (χ1v) is 10.2. The van der Waals surface area contributed by atoms with Gasteiger partial charge in [0.15, 0.2) is 0 Å². The summed E-state index contributed by atoms with van der Waals surface area (Å²) in [6.45, 7) is -0.250. The van der Waals surface area contributed by atoms with Crippen molar-refractivity contribution in [3.05, 3.63) is 91.0 Å². The number of rotatable bonds is 3. The van der Waals surface area contributed by atoms with Crippen molar-refractivity contribution in [1.82, 2.24) is 0 Å². The van der Waals surface area contributed by atoms with E-state index in [1.165, 1.54) is 15.9 Å². The number of carbonyl (C=O) groups is 1. The Labute approximate surface area is 154 Å². The number of hydrogen-bond acceptors (Lipinski definition) is 2. The van der Waals surface area contributed by atoms with Gasteiger partial charge in [0, 0.05) is 0 Å². The lowest BCUT2D eigenvalue weighted by Gasteiger charge is -2.18. The molecule has 0 heterocycles. The summed E-state index contributed by atoms with van der Waals surface area (Å²) < 4.78 is 8.74. The molecule has 136 valence electrons. The van der Waals surface area contributed by atoms with E-state index in [9.17, 15) is 0 Å². The van der Waals surface area contributed by atoms with Crippen LogP contribution >= 0.6 is 16.2 Å². The van der Waals surface area contributed by atoms with Crippen LogP contribution in [0.4, 0.5) is 0 Å². The fourth-order valence-electron chi connectivity index (χ4n) is 2.18. The molecule has 0 atom stereocenters. The zero-order valence-corrected chi connectivity index (χ0v) is 15.7. The number of hydrogen-bond donors (Lipinski definition) is 3. The van der Waals surface area contributed by atoms with E-state index in [1.54, 1.807) is 0 Å². The Balaban J connectivity index is 0.000000419. The van der Waals surface area contributed by atoms with Gasteiger partial charge in [0.1, 0.15) is 0 Å². The summed E-state index contributed by atoms with van der Waals surface area (Å²) in [4.78, 5) is 22.7. The first-order valence-electron chi connectivity index (χ1n) is 7.55. The van der Waals surface area contributed by atoms with Crippen LogP contribution in [0.3, 0.4) is 0 Å². The van der Waals surface area contributed by atoms with E-state index < -0.39 is 16.2 Å². The van der Waals surface area contributed by atoms with Crippen LogP contribution in [0.25, 0.3) is 0 Å². The molecule has 0 aliphatic carbocycles. The van der Waals surface area contributed by atoms with E-state index >= 15 is 0 Å². The molecule has 0 saturated heterocycles. The number of benzene rings is 3. The second kappa shape index (κ2) is 13.0. The Morgan fingerprint density at radius 3 is 1.04 bits per heavy atom. The molecule has 3 aromatic rings. The summed E-state index contributed by atoms with van der Waals surface area (Å²) in [7, 11) is -3.58. The van der Waals surface area contributed by atoms with Crippen LogP contribution in [0.1, 0.15) is 0 Å². The van der Waals surface area contributed by atoms with Gasteiger partial charge in [0.05, 0.1) is 0 Å². The van der Waals surface area contributed by atoms with Crippen LogP contribution in [0.2, 0.25) is 0 Å². The Morgan fingerprint density at radius 1 is 0.654 bits per heavy atom. The highest BCUT2D eigenvalue weighted by molar-refractivity contribution is 7.79. The molecule has 26 heavy (non-hydrogen) atoms. The van der Waals surface area contributed by atoms with Crippen LogP contribution in [0, 0.1) is 0 Å². The minimum atomic E-state index is -3.13. The lowest BCUT2D eigenvalue weighted by atomic mass is 10.4. The van der Waals surface area contributed by atoms with E-state index in [1.807, 2.05) is 0 Å². The summed E-state index contributed by atoms with van der Waals surface area (Å²) in [5.41, 5.74) is 0. The lowest BCUT2D eigenvalue weighted by molar-refractivity contribution is -0.122. The maximum atomic E-state index is 8.74. The summed E-state index contributed by atoms with van der Waals surface area (Å²) >= 11 is 0. The predicted molar refractivity (Wildman–Crippen MR) is 107 cm³/mol. The van der Waals surface area contributed by atoms with Gasteiger partial charge in [0.2, 0.25) is 0 Å². The topological polar surface area (TPSA) is 94.8 Å². The molecule has 0 aliphatic heterocycles. The summed E-state index contributed by atoms with van der Waals surface area (Å²) in [6.07, 6.45) is 0. The summed E-state index contributed by atoms with van der Waals surface area (Å²) in [5, 5.41) is 11.1. The standard InChI is InChI=1S/C18H15P.CH2O2.H3O3P/c1-4-10-16(11-5-1)19(17-12-6-2-7-13-17)18-14-8-3-9-15-18;2-1-3;1-4(2)3/h1-15H;1H,(H,2,3);4H,(H2,1,2,3). The lowest BCUT2D eigenvalue weighted by Crippen LogP contribution is -2.20. The molecule has 3 aromatic carbocycles. The first kappa shape index (κ1) is 21.8. The Morgan fingerprint density at radius 2 is 0.846 bits per heavy atom. The Hall–Kier alpha value is -2.29. The molecule has 0 spiro atoms. The molecule has 0 radical (unpaired) electrons. The van der Waals surface area contributed by atoms with Crippen molar-refractivity contribution in [3.63, 3.8) is 0 Å². The van der Waals surface area contributed by atoms with Crippen molar-refractivity contribution < 1.29 is 24.3 Å². The van der Waals surface area contributed by atoms with Crippen molar-refractivity contribution in [3.8, 4) is 0 Å². The molecule has 0 bridgehead atoms. The molecule has 3 N–H and O–H groups in total. The molecule has 0 aliphatic rings. The van der Waals surface area contributed by atoms with Crippen molar-refractivity contribution >= 4 is 38.6 Å².